The Hall–Kier alpha value is -1.04. The molecule has 0 saturated carbocycles. The maximum absolute atomic E-state index is 5.64. The monoisotopic (exact) mass is 269 g/mol. The Balaban J connectivity index is 1.73. The molecule has 90 valence electrons. The second-order valence-corrected chi connectivity index (χ2v) is 4.84. The highest BCUT2D eigenvalue weighted by atomic mass is 35.5. The van der Waals surface area contributed by atoms with E-state index in [1.54, 1.807) is 17.4 Å². The van der Waals surface area contributed by atoms with Crippen molar-refractivity contribution in [3.05, 3.63) is 39.1 Å². The van der Waals surface area contributed by atoms with Crippen LogP contribution in [0.2, 0.25) is 5.15 Å². The van der Waals surface area contributed by atoms with Gasteiger partial charge in [0, 0.05) is 11.3 Å². The van der Waals surface area contributed by atoms with E-state index in [9.17, 15) is 0 Å². The van der Waals surface area contributed by atoms with Gasteiger partial charge in [0.05, 0.1) is 30.1 Å². The van der Waals surface area contributed by atoms with Crippen LogP contribution >= 0.6 is 22.9 Å². The Morgan fingerprint density at radius 2 is 2.24 bits per heavy atom. The zero-order valence-electron chi connectivity index (χ0n) is 9.39. The molecule has 0 aliphatic carbocycles. The third kappa shape index (κ3) is 3.73. The lowest BCUT2D eigenvalue weighted by molar-refractivity contribution is 0.121. The minimum atomic E-state index is 0.397. The maximum atomic E-state index is 5.64. The van der Waals surface area contributed by atoms with E-state index in [0.717, 1.165) is 17.8 Å². The molecule has 4 nitrogen and oxygen atoms in total. The van der Waals surface area contributed by atoms with Crippen LogP contribution < -0.4 is 0 Å². The van der Waals surface area contributed by atoms with E-state index < -0.39 is 0 Å². The molecule has 0 aromatic carbocycles. The molecule has 0 amide bonds. The van der Waals surface area contributed by atoms with Gasteiger partial charge in [-0.1, -0.05) is 11.6 Å². The molecule has 2 aromatic heterocycles. The molecular weight excluding hydrogens is 258 g/mol. The van der Waals surface area contributed by atoms with Gasteiger partial charge in [-0.15, -0.1) is 16.4 Å². The smallest absolute Gasteiger partial charge is 0.151 e. The average Bonchev–Trinajstić information content (AvgIpc) is 2.73. The topological polar surface area (TPSA) is 47.9 Å². The van der Waals surface area contributed by atoms with Crippen molar-refractivity contribution in [3.63, 3.8) is 0 Å². The molecular formula is C11H12ClN3OS. The molecule has 0 atom stereocenters. The summed E-state index contributed by atoms with van der Waals surface area (Å²) >= 11 is 7.30. The number of aromatic nitrogens is 3. The van der Waals surface area contributed by atoms with Gasteiger partial charge in [0.2, 0.25) is 0 Å². The van der Waals surface area contributed by atoms with E-state index in [1.165, 1.54) is 4.88 Å². The Labute approximate surface area is 109 Å². The molecule has 0 bridgehead atoms. The van der Waals surface area contributed by atoms with E-state index >= 15 is 0 Å². The average molecular weight is 270 g/mol. The van der Waals surface area contributed by atoms with E-state index in [4.69, 9.17) is 16.3 Å². The van der Waals surface area contributed by atoms with Gasteiger partial charge in [0.1, 0.15) is 0 Å². The SMILES string of the molecule is Cc1ncsc1CCOCc1ccc(Cl)nn1. The molecule has 0 spiro atoms. The van der Waals surface area contributed by atoms with Crippen LogP contribution in [0.25, 0.3) is 0 Å². The number of aryl methyl sites for hydroxylation is 1. The quantitative estimate of drug-likeness (QED) is 0.783. The van der Waals surface area contributed by atoms with Gasteiger partial charge in [-0.3, -0.25) is 0 Å². The number of nitrogens with zero attached hydrogens (tertiary/aromatic N) is 3. The fraction of sp³-hybridized carbons (Fsp3) is 0.364. The van der Waals surface area contributed by atoms with Crippen molar-refractivity contribution in [1.29, 1.82) is 0 Å². The predicted octanol–water partition coefficient (Wildman–Crippen LogP) is 2.65. The third-order valence-electron chi connectivity index (χ3n) is 2.26. The molecule has 0 N–H and O–H groups in total. The zero-order valence-corrected chi connectivity index (χ0v) is 11.0. The molecule has 0 aliphatic heterocycles. The Kier molecular flexibility index (Phi) is 4.42. The first kappa shape index (κ1) is 12.4. The van der Waals surface area contributed by atoms with Crippen LogP contribution in [-0.2, 0) is 17.8 Å². The molecule has 0 fully saturated rings. The predicted molar refractivity (Wildman–Crippen MR) is 67.3 cm³/mol. The number of thiazole rings is 1. The highest BCUT2D eigenvalue weighted by molar-refractivity contribution is 7.09. The summed E-state index contributed by atoms with van der Waals surface area (Å²) < 4.78 is 5.52. The van der Waals surface area contributed by atoms with Gasteiger partial charge < -0.3 is 4.74 Å². The summed E-state index contributed by atoms with van der Waals surface area (Å²) in [6, 6.07) is 3.52. The van der Waals surface area contributed by atoms with E-state index in [1.807, 2.05) is 18.5 Å². The molecule has 2 rings (SSSR count). The largest absolute Gasteiger partial charge is 0.375 e. The van der Waals surface area contributed by atoms with Crippen molar-refractivity contribution in [1.82, 2.24) is 15.2 Å². The zero-order chi connectivity index (χ0) is 12.1. The lowest BCUT2D eigenvalue weighted by Gasteiger charge is -2.02. The lowest BCUT2D eigenvalue weighted by Crippen LogP contribution is -2.01. The third-order valence-corrected chi connectivity index (χ3v) is 3.45. The molecule has 6 heteroatoms. The minimum Gasteiger partial charge on any atom is -0.375 e. The van der Waals surface area contributed by atoms with Gasteiger partial charge in [-0.05, 0) is 19.1 Å². The second kappa shape index (κ2) is 6.05. The van der Waals surface area contributed by atoms with Crippen molar-refractivity contribution in [2.45, 2.75) is 20.0 Å². The number of rotatable bonds is 5. The first-order chi connectivity index (χ1) is 8.25. The van der Waals surface area contributed by atoms with Gasteiger partial charge >= 0.3 is 0 Å². The van der Waals surface area contributed by atoms with Gasteiger partial charge in [0.15, 0.2) is 5.15 Å². The van der Waals surface area contributed by atoms with Crippen LogP contribution in [0.15, 0.2) is 17.6 Å². The van der Waals surface area contributed by atoms with Crippen LogP contribution in [0, 0.1) is 6.92 Å². The molecule has 0 aliphatic rings. The summed E-state index contributed by atoms with van der Waals surface area (Å²) in [5, 5.41) is 8.06. The van der Waals surface area contributed by atoms with Crippen molar-refractivity contribution in [3.8, 4) is 0 Å². The second-order valence-electron chi connectivity index (χ2n) is 3.51. The fourth-order valence-corrected chi connectivity index (χ4v) is 2.19. The summed E-state index contributed by atoms with van der Waals surface area (Å²) in [5.74, 6) is 0. The summed E-state index contributed by atoms with van der Waals surface area (Å²) in [6.45, 7) is 3.13. The molecule has 2 aromatic rings. The van der Waals surface area contributed by atoms with Gasteiger partial charge in [0.25, 0.3) is 0 Å². The number of hydrogen-bond donors (Lipinski definition) is 0. The van der Waals surface area contributed by atoms with Crippen LogP contribution in [0.4, 0.5) is 0 Å². The molecule has 0 radical (unpaired) electrons. The Morgan fingerprint density at radius 3 is 2.88 bits per heavy atom. The van der Waals surface area contributed by atoms with E-state index in [2.05, 4.69) is 15.2 Å². The highest BCUT2D eigenvalue weighted by Gasteiger charge is 2.01. The highest BCUT2D eigenvalue weighted by Crippen LogP contribution is 2.12. The Morgan fingerprint density at radius 1 is 1.35 bits per heavy atom. The summed E-state index contributed by atoms with van der Waals surface area (Å²) in [6.07, 6.45) is 0.886. The van der Waals surface area contributed by atoms with Crippen molar-refractivity contribution in [2.75, 3.05) is 6.61 Å². The fourth-order valence-electron chi connectivity index (χ4n) is 1.33. The van der Waals surface area contributed by atoms with Crippen LogP contribution in [0.3, 0.4) is 0 Å². The lowest BCUT2D eigenvalue weighted by atomic mass is 10.3. The van der Waals surface area contributed by atoms with Crippen LogP contribution in [0.5, 0.6) is 0 Å². The number of ether oxygens (including phenoxy) is 1. The number of hydrogen-bond acceptors (Lipinski definition) is 5. The molecule has 17 heavy (non-hydrogen) atoms. The van der Waals surface area contributed by atoms with Crippen LogP contribution in [-0.4, -0.2) is 21.8 Å². The molecule has 2 heterocycles. The van der Waals surface area contributed by atoms with Gasteiger partial charge in [-0.25, -0.2) is 4.98 Å². The van der Waals surface area contributed by atoms with Crippen LogP contribution in [0.1, 0.15) is 16.3 Å². The first-order valence-corrected chi connectivity index (χ1v) is 6.46. The number of halogens is 1. The molecule has 0 unspecified atom stereocenters. The standard InChI is InChI=1S/C11H12ClN3OS/c1-8-10(17-7-13-8)4-5-16-6-9-2-3-11(12)15-14-9/h2-3,7H,4-6H2,1H3. The molecule has 0 saturated heterocycles. The Bertz CT molecular complexity index is 472. The summed E-state index contributed by atoms with van der Waals surface area (Å²) in [7, 11) is 0. The summed E-state index contributed by atoms with van der Waals surface area (Å²) in [5.41, 5.74) is 3.73. The van der Waals surface area contributed by atoms with E-state index in [0.29, 0.717) is 18.4 Å². The summed E-state index contributed by atoms with van der Waals surface area (Å²) in [4.78, 5) is 5.46. The van der Waals surface area contributed by atoms with Gasteiger partial charge in [-0.2, -0.15) is 5.10 Å². The van der Waals surface area contributed by atoms with Crippen molar-refractivity contribution < 1.29 is 4.74 Å². The maximum Gasteiger partial charge on any atom is 0.151 e. The van der Waals surface area contributed by atoms with E-state index in [-0.39, 0.29) is 0 Å². The van der Waals surface area contributed by atoms with Crippen molar-refractivity contribution >= 4 is 22.9 Å². The first-order valence-electron chi connectivity index (χ1n) is 5.20. The minimum absolute atomic E-state index is 0.397. The normalized spacial score (nSPS) is 10.7. The van der Waals surface area contributed by atoms with Crippen molar-refractivity contribution in [2.24, 2.45) is 0 Å².